The summed E-state index contributed by atoms with van der Waals surface area (Å²) in [5.74, 6) is 0. The number of rotatable bonds is 4. The molecule has 0 spiro atoms. The monoisotopic (exact) mass is 391 g/mol. The Labute approximate surface area is 141 Å². The summed E-state index contributed by atoms with van der Waals surface area (Å²) in [6, 6.07) is 23.1. The minimum Gasteiger partial charge on any atom is -0.289 e. The molecular formula is C19H22IN. The summed E-state index contributed by atoms with van der Waals surface area (Å²) in [4.78, 5) is 2.72. The van der Waals surface area contributed by atoms with E-state index in [9.17, 15) is 0 Å². The molecule has 1 aliphatic heterocycles. The number of hydrogen-bond acceptors (Lipinski definition) is 1. The van der Waals surface area contributed by atoms with Crippen molar-refractivity contribution >= 4 is 22.6 Å². The van der Waals surface area contributed by atoms with Crippen LogP contribution in [0.25, 0.3) is 0 Å². The Hall–Kier alpha value is -0.870. The third-order valence-electron chi connectivity index (χ3n) is 4.41. The van der Waals surface area contributed by atoms with Crippen LogP contribution in [0.3, 0.4) is 0 Å². The molecule has 1 heterocycles. The Kier molecular flexibility index (Phi) is 5.31. The van der Waals surface area contributed by atoms with Crippen LogP contribution in [-0.4, -0.2) is 21.9 Å². The zero-order valence-electron chi connectivity index (χ0n) is 12.3. The summed E-state index contributed by atoms with van der Waals surface area (Å²) >= 11 is 2.55. The molecule has 0 saturated carbocycles. The van der Waals surface area contributed by atoms with Crippen molar-refractivity contribution in [2.24, 2.45) is 0 Å². The number of hydrogen-bond donors (Lipinski definition) is 0. The zero-order chi connectivity index (χ0) is 14.5. The van der Waals surface area contributed by atoms with Crippen molar-refractivity contribution in [3.8, 4) is 0 Å². The molecule has 0 bridgehead atoms. The van der Waals surface area contributed by atoms with Gasteiger partial charge in [0.15, 0.2) is 0 Å². The van der Waals surface area contributed by atoms with Crippen LogP contribution in [0.15, 0.2) is 60.7 Å². The SMILES string of the molecule is IC[C@H]1CCCCN1C(c1ccccc1)c1ccccc1. The van der Waals surface area contributed by atoms with E-state index in [0.29, 0.717) is 12.1 Å². The first-order valence-electron chi connectivity index (χ1n) is 7.82. The molecule has 1 nitrogen and oxygen atoms in total. The maximum atomic E-state index is 2.72. The molecule has 1 aliphatic rings. The molecule has 2 aromatic carbocycles. The lowest BCUT2D eigenvalue weighted by Crippen LogP contribution is -2.43. The van der Waals surface area contributed by atoms with Gasteiger partial charge >= 0.3 is 0 Å². The number of benzene rings is 2. The van der Waals surface area contributed by atoms with Gasteiger partial charge in [-0.05, 0) is 30.5 Å². The minimum atomic E-state index is 0.396. The first-order valence-corrected chi connectivity index (χ1v) is 9.34. The van der Waals surface area contributed by atoms with Crippen molar-refractivity contribution in [2.45, 2.75) is 31.3 Å². The van der Waals surface area contributed by atoms with Crippen LogP contribution in [0.5, 0.6) is 0 Å². The van der Waals surface area contributed by atoms with E-state index >= 15 is 0 Å². The van der Waals surface area contributed by atoms with Crippen LogP contribution in [-0.2, 0) is 0 Å². The van der Waals surface area contributed by atoms with Gasteiger partial charge in [0, 0.05) is 10.5 Å². The smallest absolute Gasteiger partial charge is 0.0604 e. The third-order valence-corrected chi connectivity index (χ3v) is 5.43. The van der Waals surface area contributed by atoms with Gasteiger partial charge in [-0.15, -0.1) is 0 Å². The maximum absolute atomic E-state index is 2.72. The topological polar surface area (TPSA) is 3.24 Å². The van der Waals surface area contributed by atoms with Crippen LogP contribution in [0, 0.1) is 0 Å². The van der Waals surface area contributed by atoms with E-state index < -0.39 is 0 Å². The maximum Gasteiger partial charge on any atom is 0.0604 e. The summed E-state index contributed by atoms with van der Waals surface area (Å²) in [6.07, 6.45) is 4.03. The zero-order valence-corrected chi connectivity index (χ0v) is 14.4. The van der Waals surface area contributed by atoms with Crippen molar-refractivity contribution in [1.29, 1.82) is 0 Å². The molecule has 2 aromatic rings. The van der Waals surface area contributed by atoms with E-state index in [1.807, 2.05) is 0 Å². The molecule has 0 aliphatic carbocycles. The van der Waals surface area contributed by atoms with E-state index in [-0.39, 0.29) is 0 Å². The normalized spacial score (nSPS) is 19.8. The van der Waals surface area contributed by atoms with Crippen LogP contribution < -0.4 is 0 Å². The summed E-state index contributed by atoms with van der Waals surface area (Å²) in [5.41, 5.74) is 2.83. The molecule has 0 unspecified atom stereocenters. The fourth-order valence-electron chi connectivity index (χ4n) is 3.37. The fourth-order valence-corrected chi connectivity index (χ4v) is 4.32. The van der Waals surface area contributed by atoms with Gasteiger partial charge in [-0.3, -0.25) is 4.90 Å². The van der Waals surface area contributed by atoms with Gasteiger partial charge in [-0.1, -0.05) is 89.7 Å². The van der Waals surface area contributed by atoms with E-state index in [0.717, 1.165) is 0 Å². The standard InChI is InChI=1S/C19H22IN/c20-15-18-13-7-8-14-21(18)19(16-9-3-1-4-10-16)17-11-5-2-6-12-17/h1-6,9-12,18-19H,7-8,13-15H2/t18-/m1/s1. The van der Waals surface area contributed by atoms with Gasteiger partial charge in [-0.25, -0.2) is 0 Å². The highest BCUT2D eigenvalue weighted by atomic mass is 127. The molecule has 0 aromatic heterocycles. The van der Waals surface area contributed by atoms with E-state index in [4.69, 9.17) is 0 Å². The first kappa shape index (κ1) is 15.0. The van der Waals surface area contributed by atoms with Crippen LogP contribution >= 0.6 is 22.6 Å². The van der Waals surface area contributed by atoms with Gasteiger partial charge in [-0.2, -0.15) is 0 Å². The lowest BCUT2D eigenvalue weighted by atomic mass is 9.92. The number of nitrogens with zero attached hydrogens (tertiary/aromatic N) is 1. The molecule has 0 N–H and O–H groups in total. The summed E-state index contributed by atoms with van der Waals surface area (Å²) in [5, 5.41) is 0. The van der Waals surface area contributed by atoms with Crippen molar-refractivity contribution in [3.63, 3.8) is 0 Å². The number of halogens is 1. The Morgan fingerprint density at radius 1 is 0.905 bits per heavy atom. The quantitative estimate of drug-likeness (QED) is 0.520. The second-order valence-corrected chi connectivity index (χ2v) is 6.65. The Balaban J connectivity index is 2.00. The Bertz CT molecular complexity index is 501. The van der Waals surface area contributed by atoms with E-state index in [2.05, 4.69) is 88.2 Å². The molecule has 3 rings (SSSR count). The predicted molar refractivity (Wildman–Crippen MR) is 98.0 cm³/mol. The average molecular weight is 391 g/mol. The second kappa shape index (κ2) is 7.41. The molecule has 21 heavy (non-hydrogen) atoms. The Morgan fingerprint density at radius 3 is 2.00 bits per heavy atom. The number of piperidine rings is 1. The first-order chi connectivity index (χ1) is 10.4. The molecule has 0 amide bonds. The van der Waals surface area contributed by atoms with Crippen molar-refractivity contribution in [1.82, 2.24) is 4.90 Å². The van der Waals surface area contributed by atoms with E-state index in [1.165, 1.54) is 41.4 Å². The second-order valence-electron chi connectivity index (χ2n) is 5.77. The van der Waals surface area contributed by atoms with Crippen LogP contribution in [0.1, 0.15) is 36.4 Å². The molecule has 1 fully saturated rings. The average Bonchev–Trinajstić information content (AvgIpc) is 2.58. The van der Waals surface area contributed by atoms with Gasteiger partial charge in [0.2, 0.25) is 0 Å². The highest BCUT2D eigenvalue weighted by Crippen LogP contribution is 2.34. The van der Waals surface area contributed by atoms with Gasteiger partial charge in [0.05, 0.1) is 6.04 Å². The van der Waals surface area contributed by atoms with Crippen molar-refractivity contribution < 1.29 is 0 Å². The van der Waals surface area contributed by atoms with Gasteiger partial charge in [0.25, 0.3) is 0 Å². The molecule has 2 heteroatoms. The summed E-state index contributed by atoms with van der Waals surface area (Å²) in [6.45, 7) is 1.21. The molecule has 110 valence electrons. The van der Waals surface area contributed by atoms with Gasteiger partial charge in [0.1, 0.15) is 0 Å². The van der Waals surface area contributed by atoms with Crippen molar-refractivity contribution in [2.75, 3.05) is 11.0 Å². The van der Waals surface area contributed by atoms with Crippen LogP contribution in [0.2, 0.25) is 0 Å². The fraction of sp³-hybridized carbons (Fsp3) is 0.368. The highest BCUT2D eigenvalue weighted by molar-refractivity contribution is 14.1. The molecule has 1 atom stereocenters. The van der Waals surface area contributed by atoms with Gasteiger partial charge < -0.3 is 0 Å². The lowest BCUT2D eigenvalue weighted by molar-refractivity contribution is 0.129. The molecule has 1 saturated heterocycles. The van der Waals surface area contributed by atoms with Crippen LogP contribution in [0.4, 0.5) is 0 Å². The largest absolute Gasteiger partial charge is 0.289 e. The highest BCUT2D eigenvalue weighted by Gasteiger charge is 2.30. The van der Waals surface area contributed by atoms with E-state index in [1.54, 1.807) is 0 Å². The Morgan fingerprint density at radius 2 is 1.48 bits per heavy atom. The van der Waals surface area contributed by atoms with Crippen molar-refractivity contribution in [3.05, 3.63) is 71.8 Å². The molecular weight excluding hydrogens is 369 g/mol. The third kappa shape index (κ3) is 3.49. The predicted octanol–water partition coefficient (Wildman–Crippen LogP) is 5.07. The number of likely N-dealkylation sites (tertiary alicyclic amines) is 1. The summed E-state index contributed by atoms with van der Waals surface area (Å²) < 4.78 is 1.22. The molecule has 0 radical (unpaired) electrons. The summed E-state index contributed by atoms with van der Waals surface area (Å²) in [7, 11) is 0. The minimum absolute atomic E-state index is 0.396. The number of alkyl halides is 1. The lowest BCUT2D eigenvalue weighted by Gasteiger charge is -2.41.